The number of alkyl halides is 3. The zero-order valence-corrected chi connectivity index (χ0v) is 18.8. The van der Waals surface area contributed by atoms with Crippen LogP contribution in [0.5, 0.6) is 0 Å². The van der Waals surface area contributed by atoms with E-state index in [1.807, 2.05) is 18.2 Å². The first-order valence-corrected chi connectivity index (χ1v) is 11.4. The van der Waals surface area contributed by atoms with Crippen LogP contribution in [-0.4, -0.2) is 67.0 Å². The molecule has 9 heteroatoms. The second kappa shape index (κ2) is 10.1. The van der Waals surface area contributed by atoms with Crippen molar-refractivity contribution in [2.45, 2.75) is 25.6 Å². The molecule has 1 aromatic heterocycles. The second-order valence-corrected chi connectivity index (χ2v) is 8.93. The lowest BCUT2D eigenvalue weighted by Crippen LogP contribution is -2.43. The second-order valence-electron chi connectivity index (χ2n) is 8.93. The monoisotopic (exact) mass is 461 g/mol. The molecule has 1 atom stereocenters. The van der Waals surface area contributed by atoms with Gasteiger partial charge in [-0.2, -0.15) is 13.2 Å². The molecule has 33 heavy (non-hydrogen) atoms. The average Bonchev–Trinajstić information content (AvgIpc) is 2.80. The summed E-state index contributed by atoms with van der Waals surface area (Å²) in [4.78, 5) is 23.2. The smallest absolute Gasteiger partial charge is 0.355 e. The Morgan fingerprint density at radius 2 is 1.91 bits per heavy atom. The normalized spacial score (nSPS) is 20.6. The molecule has 2 aromatic rings. The first kappa shape index (κ1) is 23.5. The Balaban J connectivity index is 1.39. The van der Waals surface area contributed by atoms with E-state index >= 15 is 0 Å². The van der Waals surface area contributed by atoms with Crippen molar-refractivity contribution in [3.63, 3.8) is 0 Å². The van der Waals surface area contributed by atoms with E-state index in [4.69, 9.17) is 0 Å². The predicted octanol–water partition coefficient (Wildman–Crippen LogP) is 3.70. The number of likely N-dealkylation sites (N-methyl/N-ethyl adjacent to an activating group) is 1. The van der Waals surface area contributed by atoms with Crippen molar-refractivity contribution >= 4 is 17.4 Å². The number of amides is 1. The van der Waals surface area contributed by atoms with Gasteiger partial charge < -0.3 is 15.1 Å². The summed E-state index contributed by atoms with van der Waals surface area (Å²) in [5.41, 5.74) is 1.09. The number of piperidine rings is 1. The van der Waals surface area contributed by atoms with Gasteiger partial charge in [0, 0.05) is 57.7 Å². The van der Waals surface area contributed by atoms with Crippen LogP contribution in [0, 0.1) is 5.92 Å². The third kappa shape index (κ3) is 6.03. The number of pyridine rings is 1. The number of hydrogen-bond donors (Lipinski definition) is 1. The Morgan fingerprint density at radius 1 is 1.12 bits per heavy atom. The number of benzene rings is 1. The predicted molar refractivity (Wildman–Crippen MR) is 122 cm³/mol. The molecule has 1 N–H and O–H groups in total. The lowest BCUT2D eigenvalue weighted by molar-refractivity contribution is -0.137. The topological polar surface area (TPSA) is 51.7 Å². The molecular formula is C24H30F3N5O. The van der Waals surface area contributed by atoms with Crippen molar-refractivity contribution in [2.75, 3.05) is 56.5 Å². The van der Waals surface area contributed by atoms with Crippen LogP contribution in [0.25, 0.3) is 0 Å². The molecule has 0 bridgehead atoms. The van der Waals surface area contributed by atoms with Crippen LogP contribution in [0.1, 0.15) is 24.0 Å². The summed E-state index contributed by atoms with van der Waals surface area (Å²) in [5.74, 6) is -0.666. The molecule has 2 aliphatic heterocycles. The fraction of sp³-hybridized carbons (Fsp3) is 0.500. The lowest BCUT2D eigenvalue weighted by Gasteiger charge is -2.34. The van der Waals surface area contributed by atoms with E-state index in [1.165, 1.54) is 12.3 Å². The molecule has 6 nitrogen and oxygen atoms in total. The highest BCUT2D eigenvalue weighted by atomic mass is 19.4. The summed E-state index contributed by atoms with van der Waals surface area (Å²) in [7, 11) is 2.12. The van der Waals surface area contributed by atoms with Gasteiger partial charge in [-0.3, -0.25) is 9.69 Å². The summed E-state index contributed by atoms with van der Waals surface area (Å²) in [5, 5.41) is 2.98. The van der Waals surface area contributed by atoms with E-state index in [0.717, 1.165) is 50.0 Å². The summed E-state index contributed by atoms with van der Waals surface area (Å²) >= 11 is 0. The first-order chi connectivity index (χ1) is 15.8. The minimum Gasteiger partial charge on any atom is -0.355 e. The van der Waals surface area contributed by atoms with E-state index in [9.17, 15) is 18.0 Å². The number of hydrogen-bond acceptors (Lipinski definition) is 5. The Bertz CT molecular complexity index is 959. The van der Waals surface area contributed by atoms with Crippen molar-refractivity contribution in [2.24, 2.45) is 5.92 Å². The largest absolute Gasteiger partial charge is 0.419 e. The first-order valence-electron chi connectivity index (χ1n) is 11.4. The maximum absolute atomic E-state index is 13.4. The Morgan fingerprint density at radius 3 is 2.67 bits per heavy atom. The number of rotatable bonds is 5. The van der Waals surface area contributed by atoms with Crippen LogP contribution in [0.3, 0.4) is 0 Å². The number of carbonyl (C=O) groups excluding carboxylic acids is 1. The van der Waals surface area contributed by atoms with Gasteiger partial charge in [0.15, 0.2) is 0 Å². The molecule has 178 valence electrons. The zero-order valence-electron chi connectivity index (χ0n) is 18.8. The number of anilines is 2. The van der Waals surface area contributed by atoms with Crippen LogP contribution in [0.2, 0.25) is 0 Å². The highest BCUT2D eigenvalue weighted by Crippen LogP contribution is 2.36. The number of carbonyl (C=O) groups is 1. The molecule has 4 rings (SSSR count). The van der Waals surface area contributed by atoms with Crippen molar-refractivity contribution in [3.05, 3.63) is 53.7 Å². The van der Waals surface area contributed by atoms with Gasteiger partial charge in [0.05, 0.1) is 11.5 Å². The van der Waals surface area contributed by atoms with E-state index < -0.39 is 17.7 Å². The molecule has 1 unspecified atom stereocenters. The van der Waals surface area contributed by atoms with Crippen molar-refractivity contribution in [3.8, 4) is 0 Å². The molecule has 2 saturated heterocycles. The summed E-state index contributed by atoms with van der Waals surface area (Å²) in [6.45, 7) is 5.60. The Kier molecular flexibility index (Phi) is 7.19. The molecule has 2 fully saturated rings. The number of aromatic nitrogens is 1. The fourth-order valence-corrected chi connectivity index (χ4v) is 4.51. The fourth-order valence-electron chi connectivity index (χ4n) is 4.51. The maximum Gasteiger partial charge on any atom is 0.419 e. The molecule has 0 saturated carbocycles. The van der Waals surface area contributed by atoms with E-state index in [1.54, 1.807) is 4.90 Å². The van der Waals surface area contributed by atoms with Gasteiger partial charge in [-0.15, -0.1) is 0 Å². The average molecular weight is 462 g/mol. The van der Waals surface area contributed by atoms with Crippen LogP contribution >= 0.6 is 0 Å². The minimum atomic E-state index is -4.48. The Labute approximate surface area is 192 Å². The number of nitrogens with zero attached hydrogens (tertiary/aromatic N) is 4. The van der Waals surface area contributed by atoms with Crippen LogP contribution in [0.4, 0.5) is 24.7 Å². The number of nitrogens with one attached hydrogen (secondary N) is 1. The van der Waals surface area contributed by atoms with Gasteiger partial charge in [-0.05, 0) is 49.7 Å². The summed E-state index contributed by atoms with van der Waals surface area (Å²) in [6, 6.07) is 10.1. The SMILES string of the molecule is CN1CCN(Cc2cccc(NC(=O)C3CCCN(c4ncccc4C(F)(F)F)C3)c2)CC1. The minimum absolute atomic E-state index is 0.100. The lowest BCUT2D eigenvalue weighted by atomic mass is 9.96. The highest BCUT2D eigenvalue weighted by Gasteiger charge is 2.37. The molecule has 1 aromatic carbocycles. The summed E-state index contributed by atoms with van der Waals surface area (Å²) < 4.78 is 40.3. The van der Waals surface area contributed by atoms with Gasteiger partial charge in [0.1, 0.15) is 5.82 Å². The van der Waals surface area contributed by atoms with Crippen LogP contribution < -0.4 is 10.2 Å². The van der Waals surface area contributed by atoms with Crippen molar-refractivity contribution in [1.82, 2.24) is 14.8 Å². The van der Waals surface area contributed by atoms with Gasteiger partial charge in [-0.25, -0.2) is 4.98 Å². The van der Waals surface area contributed by atoms with Crippen molar-refractivity contribution in [1.29, 1.82) is 0 Å². The molecule has 0 radical (unpaired) electrons. The molecule has 0 spiro atoms. The Hall–Kier alpha value is -2.65. The highest BCUT2D eigenvalue weighted by molar-refractivity contribution is 5.93. The third-order valence-corrected chi connectivity index (χ3v) is 6.38. The van der Waals surface area contributed by atoms with E-state index in [2.05, 4.69) is 33.2 Å². The standard InChI is InChI=1S/C24H30F3N5O/c1-30-11-13-31(14-12-30)16-18-5-2-7-20(15-18)29-23(33)19-6-4-10-32(17-19)22-21(24(25,26)27)8-3-9-28-22/h2-3,5,7-9,15,19H,4,6,10-14,16-17H2,1H3,(H,29,33). The maximum atomic E-state index is 13.4. The van der Waals surface area contributed by atoms with Gasteiger partial charge in [-0.1, -0.05) is 12.1 Å². The van der Waals surface area contributed by atoms with Crippen LogP contribution in [0.15, 0.2) is 42.6 Å². The summed E-state index contributed by atoms with van der Waals surface area (Å²) in [6.07, 6.45) is -1.85. The van der Waals surface area contributed by atoms with E-state index in [-0.39, 0.29) is 18.3 Å². The third-order valence-electron chi connectivity index (χ3n) is 6.38. The number of piperazine rings is 1. The zero-order chi connectivity index (χ0) is 23.4. The molecule has 0 aliphatic carbocycles. The van der Waals surface area contributed by atoms with Crippen LogP contribution in [-0.2, 0) is 17.5 Å². The van der Waals surface area contributed by atoms with Crippen molar-refractivity contribution < 1.29 is 18.0 Å². The molecule has 3 heterocycles. The quantitative estimate of drug-likeness (QED) is 0.736. The molecule has 2 aliphatic rings. The molecule has 1 amide bonds. The molecular weight excluding hydrogens is 431 g/mol. The van der Waals surface area contributed by atoms with E-state index in [0.29, 0.717) is 19.4 Å². The number of halogens is 3. The van der Waals surface area contributed by atoms with Gasteiger partial charge >= 0.3 is 6.18 Å². The van der Waals surface area contributed by atoms with Gasteiger partial charge in [0.25, 0.3) is 0 Å². The van der Waals surface area contributed by atoms with Gasteiger partial charge in [0.2, 0.25) is 5.91 Å².